The van der Waals surface area contributed by atoms with Crippen molar-refractivity contribution in [2.24, 2.45) is 10.9 Å². The number of hydrogen-bond donors (Lipinski definition) is 3. The lowest BCUT2D eigenvalue weighted by Crippen LogP contribution is -2.29. The van der Waals surface area contributed by atoms with Gasteiger partial charge in [0.1, 0.15) is 5.84 Å². The molecule has 0 bridgehead atoms. The molecule has 0 aromatic rings. The zero-order chi connectivity index (χ0) is 9.40. The van der Waals surface area contributed by atoms with E-state index in [1.54, 1.807) is 7.11 Å². The molecule has 0 saturated carbocycles. The first-order valence-electron chi connectivity index (χ1n) is 3.90. The first kappa shape index (κ1) is 11.2. The van der Waals surface area contributed by atoms with Gasteiger partial charge in [0.2, 0.25) is 0 Å². The largest absolute Gasteiger partial charge is 0.409 e. The molecule has 0 aromatic heterocycles. The van der Waals surface area contributed by atoms with Gasteiger partial charge in [0.15, 0.2) is 0 Å². The Hall–Kier alpha value is -0.810. The summed E-state index contributed by atoms with van der Waals surface area (Å²) < 4.78 is 5.01. The Balaban J connectivity index is 3.21. The summed E-state index contributed by atoms with van der Waals surface area (Å²) in [5.74, 6) is 0.243. The van der Waals surface area contributed by atoms with Crippen LogP contribution in [-0.2, 0) is 4.74 Å². The lowest BCUT2D eigenvalue weighted by molar-refractivity contribution is 0.117. The number of oxime groups is 1. The highest BCUT2D eigenvalue weighted by Crippen LogP contribution is 1.84. The van der Waals surface area contributed by atoms with E-state index in [9.17, 15) is 0 Å². The van der Waals surface area contributed by atoms with E-state index < -0.39 is 0 Å². The van der Waals surface area contributed by atoms with Crippen LogP contribution in [0.25, 0.3) is 0 Å². The molecule has 4 N–H and O–H groups in total. The number of nitrogens with zero attached hydrogens (tertiary/aromatic N) is 1. The molecule has 5 nitrogen and oxygen atoms in total. The Morgan fingerprint density at radius 3 is 2.92 bits per heavy atom. The van der Waals surface area contributed by atoms with Crippen molar-refractivity contribution in [1.29, 1.82) is 0 Å². The van der Waals surface area contributed by atoms with Crippen molar-refractivity contribution >= 4 is 5.84 Å². The average molecular weight is 175 g/mol. The number of nitrogens with one attached hydrogen (secondary N) is 1. The Kier molecular flexibility index (Phi) is 6.41. The molecule has 72 valence electrons. The van der Waals surface area contributed by atoms with Gasteiger partial charge >= 0.3 is 0 Å². The van der Waals surface area contributed by atoms with Crippen LogP contribution < -0.4 is 11.1 Å². The van der Waals surface area contributed by atoms with Crippen LogP contribution in [-0.4, -0.2) is 37.3 Å². The van der Waals surface area contributed by atoms with Gasteiger partial charge in [-0.3, -0.25) is 0 Å². The number of amidine groups is 1. The monoisotopic (exact) mass is 175 g/mol. The van der Waals surface area contributed by atoms with Crippen molar-refractivity contribution in [3.63, 3.8) is 0 Å². The number of hydrogen-bond acceptors (Lipinski definition) is 4. The minimum atomic E-state index is 0.192. The van der Waals surface area contributed by atoms with Gasteiger partial charge in [-0.2, -0.15) is 0 Å². The molecule has 0 aliphatic rings. The van der Waals surface area contributed by atoms with E-state index in [1.807, 2.05) is 6.92 Å². The molecule has 5 heteroatoms. The lowest BCUT2D eigenvalue weighted by atomic mass is 10.3. The van der Waals surface area contributed by atoms with Gasteiger partial charge in [0.25, 0.3) is 0 Å². The Morgan fingerprint density at radius 1 is 1.75 bits per heavy atom. The van der Waals surface area contributed by atoms with E-state index in [0.717, 1.165) is 6.54 Å². The first-order chi connectivity index (χ1) is 5.70. The fourth-order valence-corrected chi connectivity index (χ4v) is 0.655. The van der Waals surface area contributed by atoms with E-state index in [4.69, 9.17) is 15.7 Å². The van der Waals surface area contributed by atoms with Gasteiger partial charge in [0, 0.05) is 26.6 Å². The molecular weight excluding hydrogens is 158 g/mol. The third kappa shape index (κ3) is 5.94. The number of ether oxygens (including phenoxy) is 1. The predicted octanol–water partition coefficient (Wildman–Crippen LogP) is -0.253. The summed E-state index contributed by atoms with van der Waals surface area (Å²) in [6, 6.07) is 0. The fraction of sp³-hybridized carbons (Fsp3) is 0.857. The van der Waals surface area contributed by atoms with Crippen LogP contribution in [0.4, 0.5) is 0 Å². The highest BCUT2D eigenvalue weighted by atomic mass is 16.5. The van der Waals surface area contributed by atoms with E-state index >= 15 is 0 Å². The van der Waals surface area contributed by atoms with Crippen molar-refractivity contribution in [2.75, 3.05) is 20.2 Å². The smallest absolute Gasteiger partial charge is 0.140 e. The molecule has 0 heterocycles. The normalized spacial score (nSPS) is 14.7. The molecular formula is C7H17N3O2. The maximum absolute atomic E-state index is 8.20. The third-order valence-electron chi connectivity index (χ3n) is 1.52. The molecule has 0 fully saturated rings. The molecule has 0 spiro atoms. The molecule has 0 aromatic carbocycles. The second-order valence-corrected chi connectivity index (χ2v) is 2.59. The van der Waals surface area contributed by atoms with Crippen LogP contribution in [0.5, 0.6) is 0 Å². The third-order valence-corrected chi connectivity index (χ3v) is 1.52. The highest BCUT2D eigenvalue weighted by molar-refractivity contribution is 5.79. The van der Waals surface area contributed by atoms with Crippen LogP contribution in [0, 0.1) is 0 Å². The summed E-state index contributed by atoms with van der Waals surface area (Å²) in [6.07, 6.45) is 0.740. The molecule has 0 saturated heterocycles. The topological polar surface area (TPSA) is 79.9 Å². The van der Waals surface area contributed by atoms with Crippen molar-refractivity contribution in [3.8, 4) is 0 Å². The zero-order valence-electron chi connectivity index (χ0n) is 7.58. The summed E-state index contributed by atoms with van der Waals surface area (Å²) in [6.45, 7) is 3.44. The second-order valence-electron chi connectivity index (χ2n) is 2.59. The minimum Gasteiger partial charge on any atom is -0.409 e. The van der Waals surface area contributed by atoms with Crippen LogP contribution in [0.1, 0.15) is 13.3 Å². The standard InChI is InChI=1S/C7H17N3O2/c1-6(12-2)5-9-4-3-7(8)10-11/h6,9,11H,3-5H2,1-2H3,(H2,8,10). The Morgan fingerprint density at radius 2 is 2.42 bits per heavy atom. The first-order valence-corrected chi connectivity index (χ1v) is 3.90. The summed E-state index contributed by atoms with van der Waals surface area (Å²) >= 11 is 0. The molecule has 0 aliphatic carbocycles. The predicted molar refractivity (Wildman–Crippen MR) is 47.4 cm³/mol. The summed E-state index contributed by atoms with van der Waals surface area (Å²) in [5.41, 5.74) is 5.25. The molecule has 0 radical (unpaired) electrons. The Labute approximate surface area is 72.6 Å². The van der Waals surface area contributed by atoms with Crippen LogP contribution in [0.2, 0.25) is 0 Å². The van der Waals surface area contributed by atoms with Gasteiger partial charge in [-0.25, -0.2) is 0 Å². The van der Waals surface area contributed by atoms with Crippen LogP contribution >= 0.6 is 0 Å². The SMILES string of the molecule is COC(C)CNCCC(N)=NO. The van der Waals surface area contributed by atoms with Gasteiger partial charge in [-0.15, -0.1) is 0 Å². The van der Waals surface area contributed by atoms with Gasteiger partial charge in [0.05, 0.1) is 6.10 Å². The summed E-state index contributed by atoms with van der Waals surface area (Å²) in [5, 5.41) is 14.2. The number of methoxy groups -OCH3 is 1. The summed E-state index contributed by atoms with van der Waals surface area (Å²) in [4.78, 5) is 0. The second kappa shape index (κ2) is 6.87. The lowest BCUT2D eigenvalue weighted by Gasteiger charge is -2.09. The zero-order valence-corrected chi connectivity index (χ0v) is 7.58. The average Bonchev–Trinajstić information content (AvgIpc) is 2.11. The number of rotatable bonds is 6. The fourth-order valence-electron chi connectivity index (χ4n) is 0.655. The van der Waals surface area contributed by atoms with Gasteiger partial charge in [-0.1, -0.05) is 5.16 Å². The van der Waals surface area contributed by atoms with Gasteiger partial charge in [-0.05, 0) is 6.92 Å². The van der Waals surface area contributed by atoms with Crippen LogP contribution in [0.15, 0.2) is 5.16 Å². The van der Waals surface area contributed by atoms with Gasteiger partial charge < -0.3 is 21.0 Å². The Bertz CT molecular complexity index is 139. The molecule has 1 unspecified atom stereocenters. The number of nitrogens with two attached hydrogens (primary N) is 1. The van der Waals surface area contributed by atoms with E-state index in [0.29, 0.717) is 13.0 Å². The molecule has 1 atom stereocenters. The van der Waals surface area contributed by atoms with Crippen molar-refractivity contribution in [2.45, 2.75) is 19.4 Å². The molecule has 0 amide bonds. The highest BCUT2D eigenvalue weighted by Gasteiger charge is 1.98. The quantitative estimate of drug-likeness (QED) is 0.171. The van der Waals surface area contributed by atoms with E-state index in [-0.39, 0.29) is 11.9 Å². The van der Waals surface area contributed by atoms with Crippen molar-refractivity contribution < 1.29 is 9.94 Å². The maximum atomic E-state index is 8.20. The molecule has 12 heavy (non-hydrogen) atoms. The van der Waals surface area contributed by atoms with E-state index in [2.05, 4.69) is 10.5 Å². The maximum Gasteiger partial charge on any atom is 0.140 e. The summed E-state index contributed by atoms with van der Waals surface area (Å²) in [7, 11) is 1.66. The minimum absolute atomic E-state index is 0.192. The van der Waals surface area contributed by atoms with Crippen molar-refractivity contribution in [3.05, 3.63) is 0 Å². The van der Waals surface area contributed by atoms with Crippen LogP contribution in [0.3, 0.4) is 0 Å². The van der Waals surface area contributed by atoms with E-state index in [1.165, 1.54) is 0 Å². The van der Waals surface area contributed by atoms with Crippen molar-refractivity contribution in [1.82, 2.24) is 5.32 Å². The molecule has 0 rings (SSSR count). The molecule has 0 aliphatic heterocycles.